The largest absolute Gasteiger partial charge is 0.493 e. The van der Waals surface area contributed by atoms with Crippen LogP contribution in [0.3, 0.4) is 0 Å². The summed E-state index contributed by atoms with van der Waals surface area (Å²) in [6, 6.07) is 7.78. The normalized spacial score (nSPS) is 12.0. The van der Waals surface area contributed by atoms with Crippen LogP contribution < -0.4 is 10.1 Å². The van der Waals surface area contributed by atoms with Gasteiger partial charge in [0.25, 0.3) is 5.69 Å². The van der Waals surface area contributed by atoms with Crippen molar-refractivity contribution in [2.45, 2.75) is 51.4 Å². The van der Waals surface area contributed by atoms with Crippen LogP contribution in [0.1, 0.15) is 43.7 Å². The fraction of sp³-hybridized carbons (Fsp3) is 0.360. The van der Waals surface area contributed by atoms with E-state index in [4.69, 9.17) is 4.74 Å². The van der Waals surface area contributed by atoms with Gasteiger partial charge in [-0.25, -0.2) is 0 Å². The first kappa shape index (κ1) is 30.9. The molecule has 0 aliphatic carbocycles. The number of nitrogens with one attached hydrogen (secondary N) is 1. The molecule has 0 atom stereocenters. The molecule has 8 nitrogen and oxygen atoms in total. The SMILES string of the molecule is CCCCc1cccc2c(OCCCC(F)(F)F)ccc(Nc3c(C(F)(F)F)cc([N+](=O)[O-])c(Br)c3[N+](=O)[O-])c12. The lowest BCUT2D eigenvalue weighted by Gasteiger charge is -2.19. The molecule has 0 amide bonds. The lowest BCUT2D eigenvalue weighted by Crippen LogP contribution is -2.13. The van der Waals surface area contributed by atoms with Gasteiger partial charge in [-0.05, 0) is 52.9 Å². The highest BCUT2D eigenvalue weighted by molar-refractivity contribution is 9.10. The van der Waals surface area contributed by atoms with Crippen LogP contribution >= 0.6 is 15.9 Å². The molecule has 0 aromatic heterocycles. The predicted octanol–water partition coefficient (Wildman–Crippen LogP) is 9.24. The number of unbranched alkanes of at least 4 members (excludes halogenated alkanes) is 1. The minimum Gasteiger partial charge on any atom is -0.493 e. The number of benzene rings is 3. The molecule has 40 heavy (non-hydrogen) atoms. The van der Waals surface area contributed by atoms with Crippen molar-refractivity contribution < 1.29 is 40.9 Å². The number of halogens is 7. The number of hydrogen-bond acceptors (Lipinski definition) is 6. The van der Waals surface area contributed by atoms with Crippen LogP contribution in [0, 0.1) is 20.2 Å². The Morgan fingerprint density at radius 3 is 2.27 bits per heavy atom. The van der Waals surface area contributed by atoms with Crippen molar-refractivity contribution in [2.24, 2.45) is 0 Å². The van der Waals surface area contributed by atoms with Crippen molar-refractivity contribution in [1.29, 1.82) is 0 Å². The molecule has 0 fully saturated rings. The highest BCUT2D eigenvalue weighted by Crippen LogP contribution is 2.49. The monoisotopic (exact) mass is 637 g/mol. The molecule has 0 bridgehead atoms. The van der Waals surface area contributed by atoms with Crippen LogP contribution in [0.4, 0.5) is 49.1 Å². The minimum atomic E-state index is -5.21. The van der Waals surface area contributed by atoms with E-state index in [0.717, 1.165) is 6.42 Å². The number of aryl methyl sites for hydroxylation is 1. The summed E-state index contributed by atoms with van der Waals surface area (Å²) in [5.74, 6) is 0.177. The lowest BCUT2D eigenvalue weighted by atomic mass is 9.97. The third kappa shape index (κ3) is 7.11. The van der Waals surface area contributed by atoms with E-state index in [0.29, 0.717) is 29.2 Å². The van der Waals surface area contributed by atoms with Crippen LogP contribution in [0.25, 0.3) is 10.8 Å². The first-order valence-corrected chi connectivity index (χ1v) is 12.7. The second-order valence-corrected chi connectivity index (χ2v) is 9.53. The summed E-state index contributed by atoms with van der Waals surface area (Å²) >= 11 is 2.72. The fourth-order valence-corrected chi connectivity index (χ4v) is 4.74. The molecule has 0 heterocycles. The molecule has 0 radical (unpaired) electrons. The lowest BCUT2D eigenvalue weighted by molar-refractivity contribution is -0.395. The Morgan fingerprint density at radius 2 is 1.70 bits per heavy atom. The van der Waals surface area contributed by atoms with E-state index >= 15 is 0 Å². The maximum absolute atomic E-state index is 14.0. The maximum Gasteiger partial charge on any atom is 0.418 e. The molecule has 0 spiro atoms. The third-order valence-electron chi connectivity index (χ3n) is 5.91. The van der Waals surface area contributed by atoms with E-state index in [1.54, 1.807) is 18.2 Å². The van der Waals surface area contributed by atoms with Crippen molar-refractivity contribution in [3.05, 3.63) is 72.2 Å². The number of anilines is 2. The van der Waals surface area contributed by atoms with Gasteiger partial charge in [-0.2, -0.15) is 26.3 Å². The molecule has 0 aliphatic rings. The second kappa shape index (κ2) is 12.3. The number of rotatable bonds is 11. The highest BCUT2D eigenvalue weighted by atomic mass is 79.9. The quantitative estimate of drug-likeness (QED) is 0.0971. The first-order valence-electron chi connectivity index (χ1n) is 11.9. The number of nitro groups is 2. The van der Waals surface area contributed by atoms with Crippen LogP contribution in [0.15, 0.2) is 40.9 Å². The van der Waals surface area contributed by atoms with Crippen LogP contribution in [-0.2, 0) is 12.6 Å². The van der Waals surface area contributed by atoms with Gasteiger partial charge in [0.2, 0.25) is 0 Å². The molecule has 216 valence electrons. The van der Waals surface area contributed by atoms with Gasteiger partial charge in [0, 0.05) is 28.9 Å². The van der Waals surface area contributed by atoms with E-state index in [-0.39, 0.29) is 30.5 Å². The molecular formula is C25H22BrF6N3O5. The van der Waals surface area contributed by atoms with E-state index in [1.807, 2.05) is 6.92 Å². The summed E-state index contributed by atoms with van der Waals surface area (Å²) in [6.45, 7) is 1.65. The van der Waals surface area contributed by atoms with Gasteiger partial charge in [0.1, 0.15) is 11.4 Å². The molecule has 3 aromatic rings. The van der Waals surface area contributed by atoms with Crippen molar-refractivity contribution in [2.75, 3.05) is 11.9 Å². The van der Waals surface area contributed by atoms with Gasteiger partial charge >= 0.3 is 18.0 Å². The van der Waals surface area contributed by atoms with Crippen molar-refractivity contribution in [1.82, 2.24) is 0 Å². The molecule has 0 saturated heterocycles. The summed E-state index contributed by atoms with van der Waals surface area (Å²) in [4.78, 5) is 20.9. The standard InChI is InChI=1S/C25H22BrF6N3O5/c1-2-3-6-14-7-4-8-15-19(40-12-5-11-24(27,28)29)10-9-17(20(14)15)33-22-16(25(30,31)32)13-18(34(36)37)21(26)23(22)35(38)39/h4,7-10,13,33H,2-3,5-6,11-12H2,1H3. The molecule has 1 N–H and O–H groups in total. The summed E-state index contributed by atoms with van der Waals surface area (Å²) in [7, 11) is 0. The average molecular weight is 638 g/mol. The summed E-state index contributed by atoms with van der Waals surface area (Å²) in [6.07, 6.45) is -9.03. The Hall–Kier alpha value is -3.62. The molecule has 0 unspecified atom stereocenters. The number of ether oxygens (including phenoxy) is 1. The predicted molar refractivity (Wildman–Crippen MR) is 139 cm³/mol. The van der Waals surface area contributed by atoms with E-state index in [2.05, 4.69) is 21.2 Å². The zero-order valence-corrected chi connectivity index (χ0v) is 22.4. The zero-order valence-electron chi connectivity index (χ0n) is 20.8. The van der Waals surface area contributed by atoms with E-state index in [9.17, 15) is 46.6 Å². The Kier molecular flexibility index (Phi) is 9.48. The topological polar surface area (TPSA) is 108 Å². The van der Waals surface area contributed by atoms with Gasteiger partial charge in [-0.1, -0.05) is 31.5 Å². The van der Waals surface area contributed by atoms with Crippen molar-refractivity contribution in [3.63, 3.8) is 0 Å². The van der Waals surface area contributed by atoms with Gasteiger partial charge in [-0.3, -0.25) is 20.2 Å². The number of alkyl halides is 6. The Morgan fingerprint density at radius 1 is 1.00 bits per heavy atom. The summed E-state index contributed by atoms with van der Waals surface area (Å²) in [5.41, 5.74) is -4.30. The van der Waals surface area contributed by atoms with E-state index < -0.39 is 55.7 Å². The fourth-order valence-electron chi connectivity index (χ4n) is 4.14. The highest BCUT2D eigenvalue weighted by Gasteiger charge is 2.42. The molecule has 3 rings (SSSR count). The molecular weight excluding hydrogens is 616 g/mol. The number of hydrogen-bond donors (Lipinski definition) is 1. The molecule has 3 aromatic carbocycles. The number of fused-ring (bicyclic) bond motifs is 1. The maximum atomic E-state index is 14.0. The number of nitro benzene ring substituents is 2. The Labute approximate surface area is 231 Å². The van der Waals surface area contributed by atoms with Crippen LogP contribution in [0.5, 0.6) is 5.75 Å². The van der Waals surface area contributed by atoms with Crippen LogP contribution in [0.2, 0.25) is 0 Å². The van der Waals surface area contributed by atoms with Crippen molar-refractivity contribution in [3.8, 4) is 5.75 Å². The van der Waals surface area contributed by atoms with Gasteiger partial charge < -0.3 is 10.1 Å². The minimum absolute atomic E-state index is 0.0127. The summed E-state index contributed by atoms with van der Waals surface area (Å²) in [5, 5.41) is 26.4. The third-order valence-corrected chi connectivity index (χ3v) is 6.69. The zero-order chi connectivity index (χ0) is 29.8. The average Bonchev–Trinajstić information content (AvgIpc) is 2.84. The van der Waals surface area contributed by atoms with Crippen LogP contribution in [-0.4, -0.2) is 22.6 Å². The van der Waals surface area contributed by atoms with E-state index in [1.165, 1.54) is 12.1 Å². The summed E-state index contributed by atoms with van der Waals surface area (Å²) < 4.78 is 84.6. The first-order chi connectivity index (χ1) is 18.7. The van der Waals surface area contributed by atoms with Crippen molar-refractivity contribution >= 4 is 49.5 Å². The second-order valence-electron chi connectivity index (χ2n) is 8.74. The van der Waals surface area contributed by atoms with Gasteiger partial charge in [0.15, 0.2) is 4.47 Å². The number of nitrogens with zero attached hydrogens (tertiary/aromatic N) is 2. The molecule has 0 saturated carbocycles. The smallest absolute Gasteiger partial charge is 0.418 e. The Balaban J connectivity index is 2.22. The molecule has 15 heteroatoms. The van der Waals surface area contributed by atoms with Gasteiger partial charge in [0.05, 0.1) is 22.0 Å². The molecule has 0 aliphatic heterocycles. The van der Waals surface area contributed by atoms with Gasteiger partial charge in [-0.15, -0.1) is 0 Å². The Bertz CT molecular complexity index is 1430.